The second-order valence-corrected chi connectivity index (χ2v) is 4.72. The molecule has 0 unspecified atom stereocenters. The Hall–Kier alpha value is -0.610. The van der Waals surface area contributed by atoms with Gasteiger partial charge in [-0.2, -0.15) is 0 Å². The number of rotatable bonds is 2. The van der Waals surface area contributed by atoms with Gasteiger partial charge in [0.15, 0.2) is 0 Å². The summed E-state index contributed by atoms with van der Waals surface area (Å²) in [6.07, 6.45) is 6.33. The maximum atomic E-state index is 12.0. The SMILES string of the molecule is NNC(=O)C1(C2CCOCC2)CCCC1. The van der Waals surface area contributed by atoms with E-state index in [9.17, 15) is 4.79 Å². The van der Waals surface area contributed by atoms with Crippen molar-refractivity contribution in [3.05, 3.63) is 0 Å². The van der Waals surface area contributed by atoms with Gasteiger partial charge in [0.25, 0.3) is 0 Å². The van der Waals surface area contributed by atoms with Crippen LogP contribution in [0.4, 0.5) is 0 Å². The number of hydrogen-bond donors (Lipinski definition) is 2. The highest BCUT2D eigenvalue weighted by Crippen LogP contribution is 2.48. The molecule has 1 saturated heterocycles. The van der Waals surface area contributed by atoms with E-state index in [1.807, 2.05) is 0 Å². The van der Waals surface area contributed by atoms with Gasteiger partial charge >= 0.3 is 0 Å². The minimum absolute atomic E-state index is 0.0481. The third kappa shape index (κ3) is 1.88. The predicted octanol–water partition coefficient (Wildman–Crippen LogP) is 0.963. The van der Waals surface area contributed by atoms with E-state index in [0.717, 1.165) is 51.7 Å². The summed E-state index contributed by atoms with van der Waals surface area (Å²) in [6.45, 7) is 1.59. The predicted molar refractivity (Wildman–Crippen MR) is 56.8 cm³/mol. The average molecular weight is 212 g/mol. The third-order valence-electron chi connectivity index (χ3n) is 4.08. The smallest absolute Gasteiger partial charge is 0.240 e. The molecule has 3 N–H and O–H groups in total. The van der Waals surface area contributed by atoms with Gasteiger partial charge in [-0.15, -0.1) is 0 Å². The second-order valence-electron chi connectivity index (χ2n) is 4.72. The van der Waals surface area contributed by atoms with Gasteiger partial charge in [0.05, 0.1) is 5.41 Å². The summed E-state index contributed by atoms with van der Waals surface area (Å²) in [5.41, 5.74) is 2.18. The van der Waals surface area contributed by atoms with Crippen molar-refractivity contribution in [1.82, 2.24) is 5.43 Å². The Bertz CT molecular complexity index is 231. The van der Waals surface area contributed by atoms with E-state index in [-0.39, 0.29) is 11.3 Å². The van der Waals surface area contributed by atoms with Crippen LogP contribution in [-0.4, -0.2) is 19.1 Å². The van der Waals surface area contributed by atoms with E-state index in [2.05, 4.69) is 5.43 Å². The first-order valence-electron chi connectivity index (χ1n) is 5.88. The summed E-state index contributed by atoms with van der Waals surface area (Å²) in [5, 5.41) is 0. The van der Waals surface area contributed by atoms with Crippen LogP contribution < -0.4 is 11.3 Å². The lowest BCUT2D eigenvalue weighted by molar-refractivity contribution is -0.136. The van der Waals surface area contributed by atoms with Crippen molar-refractivity contribution in [3.63, 3.8) is 0 Å². The fraction of sp³-hybridized carbons (Fsp3) is 0.909. The molecule has 4 nitrogen and oxygen atoms in total. The van der Waals surface area contributed by atoms with Crippen LogP contribution >= 0.6 is 0 Å². The number of ether oxygens (including phenoxy) is 1. The number of amides is 1. The van der Waals surface area contributed by atoms with Crippen LogP contribution in [0.5, 0.6) is 0 Å². The van der Waals surface area contributed by atoms with E-state index in [0.29, 0.717) is 5.92 Å². The molecular weight excluding hydrogens is 192 g/mol. The number of hydrogen-bond acceptors (Lipinski definition) is 3. The van der Waals surface area contributed by atoms with Crippen LogP contribution in [0, 0.1) is 11.3 Å². The van der Waals surface area contributed by atoms with Crippen LogP contribution in [0.3, 0.4) is 0 Å². The Kier molecular flexibility index (Phi) is 3.26. The van der Waals surface area contributed by atoms with E-state index >= 15 is 0 Å². The summed E-state index contributed by atoms with van der Waals surface area (Å²) in [5.74, 6) is 5.83. The van der Waals surface area contributed by atoms with Crippen molar-refractivity contribution in [2.75, 3.05) is 13.2 Å². The normalized spacial score (nSPS) is 26.5. The molecule has 2 fully saturated rings. The van der Waals surface area contributed by atoms with Gasteiger partial charge in [-0.1, -0.05) is 12.8 Å². The van der Waals surface area contributed by atoms with Crippen LogP contribution in [-0.2, 0) is 9.53 Å². The summed E-state index contributed by atoms with van der Waals surface area (Å²) in [7, 11) is 0. The first-order valence-corrected chi connectivity index (χ1v) is 5.88. The Morgan fingerprint density at radius 2 is 1.87 bits per heavy atom. The Balaban J connectivity index is 2.13. The van der Waals surface area contributed by atoms with E-state index < -0.39 is 0 Å². The second kappa shape index (κ2) is 4.49. The molecule has 2 rings (SSSR count). The molecule has 0 aromatic carbocycles. The largest absolute Gasteiger partial charge is 0.381 e. The lowest BCUT2D eigenvalue weighted by Crippen LogP contribution is -2.48. The third-order valence-corrected chi connectivity index (χ3v) is 4.08. The number of carbonyl (C=O) groups excluding carboxylic acids is 1. The molecule has 1 aliphatic heterocycles. The quantitative estimate of drug-likeness (QED) is 0.407. The van der Waals surface area contributed by atoms with Gasteiger partial charge in [0.2, 0.25) is 5.91 Å². The minimum Gasteiger partial charge on any atom is -0.381 e. The highest BCUT2D eigenvalue weighted by atomic mass is 16.5. The van der Waals surface area contributed by atoms with Gasteiger partial charge in [0, 0.05) is 13.2 Å². The van der Waals surface area contributed by atoms with E-state index in [4.69, 9.17) is 10.6 Å². The maximum absolute atomic E-state index is 12.0. The van der Waals surface area contributed by atoms with Crippen LogP contribution in [0.1, 0.15) is 38.5 Å². The number of nitrogens with one attached hydrogen (secondary N) is 1. The molecule has 1 saturated carbocycles. The van der Waals surface area contributed by atoms with Gasteiger partial charge in [-0.05, 0) is 31.6 Å². The van der Waals surface area contributed by atoms with Gasteiger partial charge in [-0.25, -0.2) is 5.84 Å². The highest BCUT2D eigenvalue weighted by molar-refractivity contribution is 5.82. The molecule has 0 radical (unpaired) electrons. The first-order chi connectivity index (χ1) is 7.29. The molecule has 15 heavy (non-hydrogen) atoms. The van der Waals surface area contributed by atoms with Crippen molar-refractivity contribution in [2.45, 2.75) is 38.5 Å². The molecule has 0 aromatic heterocycles. The molecular formula is C11H20N2O2. The maximum Gasteiger partial charge on any atom is 0.240 e. The fourth-order valence-corrected chi connectivity index (χ4v) is 3.22. The molecule has 0 bridgehead atoms. The lowest BCUT2D eigenvalue weighted by Gasteiger charge is -2.37. The van der Waals surface area contributed by atoms with Crippen LogP contribution in [0.25, 0.3) is 0 Å². The number of nitrogens with two attached hydrogens (primary N) is 1. The van der Waals surface area contributed by atoms with Crippen LogP contribution in [0.15, 0.2) is 0 Å². The van der Waals surface area contributed by atoms with Gasteiger partial charge in [0.1, 0.15) is 0 Å². The molecule has 0 aromatic rings. The number of hydrazine groups is 1. The lowest BCUT2D eigenvalue weighted by atomic mass is 9.70. The topological polar surface area (TPSA) is 64.3 Å². The van der Waals surface area contributed by atoms with Crippen molar-refractivity contribution >= 4 is 5.91 Å². The molecule has 1 heterocycles. The summed E-state index contributed by atoms with van der Waals surface area (Å²) in [6, 6.07) is 0. The summed E-state index contributed by atoms with van der Waals surface area (Å²) < 4.78 is 5.35. The summed E-state index contributed by atoms with van der Waals surface area (Å²) in [4.78, 5) is 12.0. The average Bonchev–Trinajstić information content (AvgIpc) is 2.79. The Labute approximate surface area is 90.5 Å². The van der Waals surface area contributed by atoms with Gasteiger partial charge < -0.3 is 4.74 Å². The zero-order chi connectivity index (χ0) is 10.7. The molecule has 2 aliphatic rings. The molecule has 1 aliphatic carbocycles. The van der Waals surface area contributed by atoms with Crippen molar-refractivity contribution in [2.24, 2.45) is 17.2 Å². The monoisotopic (exact) mass is 212 g/mol. The zero-order valence-corrected chi connectivity index (χ0v) is 9.13. The standard InChI is InChI=1S/C11H20N2O2/c12-13-10(14)11(5-1-2-6-11)9-3-7-15-8-4-9/h9H,1-8,12H2,(H,13,14). The zero-order valence-electron chi connectivity index (χ0n) is 9.13. The summed E-state index contributed by atoms with van der Waals surface area (Å²) >= 11 is 0. The minimum atomic E-state index is -0.182. The Morgan fingerprint density at radius 1 is 1.27 bits per heavy atom. The van der Waals surface area contributed by atoms with Gasteiger partial charge in [-0.3, -0.25) is 10.2 Å². The molecule has 1 amide bonds. The van der Waals surface area contributed by atoms with Crippen molar-refractivity contribution < 1.29 is 9.53 Å². The molecule has 0 atom stereocenters. The number of carbonyl (C=O) groups is 1. The Morgan fingerprint density at radius 3 is 2.40 bits per heavy atom. The fourth-order valence-electron chi connectivity index (χ4n) is 3.22. The molecule has 86 valence electrons. The molecule has 4 heteroatoms. The van der Waals surface area contributed by atoms with E-state index in [1.54, 1.807) is 0 Å². The molecule has 0 spiro atoms. The first kappa shape index (κ1) is 10.9. The highest BCUT2D eigenvalue weighted by Gasteiger charge is 2.47. The van der Waals surface area contributed by atoms with Crippen LogP contribution in [0.2, 0.25) is 0 Å². The van der Waals surface area contributed by atoms with Crippen molar-refractivity contribution in [1.29, 1.82) is 0 Å². The van der Waals surface area contributed by atoms with E-state index in [1.165, 1.54) is 0 Å². The van der Waals surface area contributed by atoms with Crippen molar-refractivity contribution in [3.8, 4) is 0 Å².